The first kappa shape index (κ1) is 14.0. The molecule has 1 heterocycles. The molecule has 1 aliphatic rings. The number of nitrogens with one attached hydrogen (secondary N) is 1. The van der Waals surface area contributed by atoms with Gasteiger partial charge in [0.1, 0.15) is 0 Å². The summed E-state index contributed by atoms with van der Waals surface area (Å²) in [4.78, 5) is 0. The summed E-state index contributed by atoms with van der Waals surface area (Å²) in [6, 6.07) is 1.39. The van der Waals surface area contributed by atoms with Crippen molar-refractivity contribution in [1.29, 1.82) is 0 Å². The van der Waals surface area contributed by atoms with E-state index in [2.05, 4.69) is 26.1 Å². The molecule has 0 aromatic carbocycles. The summed E-state index contributed by atoms with van der Waals surface area (Å²) in [5.41, 5.74) is 0. The Hall–Kier alpha value is -0.0800. The van der Waals surface area contributed by atoms with E-state index in [1.807, 2.05) is 0 Å². The Morgan fingerprint density at radius 3 is 2.19 bits per heavy atom. The van der Waals surface area contributed by atoms with E-state index in [-0.39, 0.29) is 0 Å². The third kappa shape index (κ3) is 4.84. The van der Waals surface area contributed by atoms with Crippen LogP contribution in [-0.2, 0) is 4.74 Å². The lowest BCUT2D eigenvalue weighted by atomic mass is 9.91. The summed E-state index contributed by atoms with van der Waals surface area (Å²) >= 11 is 0. The van der Waals surface area contributed by atoms with E-state index in [1.54, 1.807) is 0 Å². The van der Waals surface area contributed by atoms with Crippen LogP contribution in [0.2, 0.25) is 0 Å². The van der Waals surface area contributed by atoms with Crippen LogP contribution >= 0.6 is 0 Å². The standard InChI is InChI=1S/C14H29NO/c1-4-6-14(7-5-2)15-12(3)13-8-10-16-11-9-13/h12-15H,4-11H2,1-3H3. The smallest absolute Gasteiger partial charge is 0.0469 e. The zero-order valence-electron chi connectivity index (χ0n) is 11.3. The lowest BCUT2D eigenvalue weighted by Gasteiger charge is -2.31. The lowest BCUT2D eigenvalue weighted by molar-refractivity contribution is 0.0540. The van der Waals surface area contributed by atoms with Crippen molar-refractivity contribution in [2.45, 2.75) is 71.4 Å². The maximum absolute atomic E-state index is 5.42. The Morgan fingerprint density at radius 1 is 1.12 bits per heavy atom. The Morgan fingerprint density at radius 2 is 1.69 bits per heavy atom. The van der Waals surface area contributed by atoms with E-state index in [0.29, 0.717) is 6.04 Å². The first-order valence-corrected chi connectivity index (χ1v) is 7.11. The molecular formula is C14H29NO. The van der Waals surface area contributed by atoms with E-state index in [9.17, 15) is 0 Å². The molecule has 1 unspecified atom stereocenters. The molecule has 2 heteroatoms. The summed E-state index contributed by atoms with van der Waals surface area (Å²) in [5.74, 6) is 0.824. The molecule has 0 bridgehead atoms. The molecule has 1 atom stereocenters. The van der Waals surface area contributed by atoms with Crippen LogP contribution in [0.3, 0.4) is 0 Å². The van der Waals surface area contributed by atoms with Crippen molar-refractivity contribution in [2.24, 2.45) is 5.92 Å². The second kappa shape index (κ2) is 8.08. The summed E-state index contributed by atoms with van der Waals surface area (Å²) in [6.07, 6.45) is 7.69. The fraction of sp³-hybridized carbons (Fsp3) is 1.00. The Balaban J connectivity index is 2.30. The summed E-state index contributed by atoms with van der Waals surface area (Å²) in [5, 5.41) is 3.83. The van der Waals surface area contributed by atoms with E-state index < -0.39 is 0 Å². The van der Waals surface area contributed by atoms with Gasteiger partial charge in [0.2, 0.25) is 0 Å². The Kier molecular flexibility index (Phi) is 7.06. The maximum Gasteiger partial charge on any atom is 0.0469 e. The second-order valence-electron chi connectivity index (χ2n) is 5.18. The van der Waals surface area contributed by atoms with Gasteiger partial charge >= 0.3 is 0 Å². The number of ether oxygens (including phenoxy) is 1. The van der Waals surface area contributed by atoms with Crippen LogP contribution in [0.25, 0.3) is 0 Å². The van der Waals surface area contributed by atoms with Crippen molar-refractivity contribution >= 4 is 0 Å². The van der Waals surface area contributed by atoms with Crippen LogP contribution < -0.4 is 5.32 Å². The van der Waals surface area contributed by atoms with Crippen molar-refractivity contribution in [3.05, 3.63) is 0 Å². The zero-order chi connectivity index (χ0) is 11.8. The van der Waals surface area contributed by atoms with Crippen LogP contribution in [0.15, 0.2) is 0 Å². The van der Waals surface area contributed by atoms with Gasteiger partial charge in [0, 0.05) is 25.3 Å². The van der Waals surface area contributed by atoms with Crippen molar-refractivity contribution in [2.75, 3.05) is 13.2 Å². The van der Waals surface area contributed by atoms with Crippen molar-refractivity contribution in [1.82, 2.24) is 5.32 Å². The zero-order valence-corrected chi connectivity index (χ0v) is 11.3. The van der Waals surface area contributed by atoms with Gasteiger partial charge in [0.25, 0.3) is 0 Å². The van der Waals surface area contributed by atoms with E-state index >= 15 is 0 Å². The molecule has 96 valence electrons. The molecule has 16 heavy (non-hydrogen) atoms. The minimum Gasteiger partial charge on any atom is -0.381 e. The molecule has 0 saturated carbocycles. The van der Waals surface area contributed by atoms with E-state index in [0.717, 1.165) is 25.2 Å². The molecule has 0 spiro atoms. The SMILES string of the molecule is CCCC(CCC)NC(C)C1CCOCC1. The molecule has 1 aliphatic heterocycles. The van der Waals surface area contributed by atoms with E-state index in [1.165, 1.54) is 38.5 Å². The highest BCUT2D eigenvalue weighted by Crippen LogP contribution is 2.20. The van der Waals surface area contributed by atoms with E-state index in [4.69, 9.17) is 4.74 Å². The van der Waals surface area contributed by atoms with Crippen LogP contribution in [0, 0.1) is 5.92 Å². The molecule has 2 nitrogen and oxygen atoms in total. The van der Waals surface area contributed by atoms with Crippen LogP contribution in [0.1, 0.15) is 59.3 Å². The monoisotopic (exact) mass is 227 g/mol. The lowest BCUT2D eigenvalue weighted by Crippen LogP contribution is -2.42. The molecule has 0 radical (unpaired) electrons. The topological polar surface area (TPSA) is 21.3 Å². The van der Waals surface area contributed by atoms with Gasteiger partial charge < -0.3 is 10.1 Å². The van der Waals surface area contributed by atoms with Crippen LogP contribution in [0.4, 0.5) is 0 Å². The molecule has 0 amide bonds. The van der Waals surface area contributed by atoms with Gasteiger partial charge in [0.05, 0.1) is 0 Å². The predicted octanol–water partition coefficient (Wildman–Crippen LogP) is 3.36. The minimum atomic E-state index is 0.659. The van der Waals surface area contributed by atoms with Crippen LogP contribution in [-0.4, -0.2) is 25.3 Å². The third-order valence-electron chi connectivity index (χ3n) is 3.75. The molecule has 1 N–H and O–H groups in total. The molecular weight excluding hydrogens is 198 g/mol. The fourth-order valence-corrected chi connectivity index (χ4v) is 2.73. The van der Waals surface area contributed by atoms with Crippen molar-refractivity contribution < 1.29 is 4.74 Å². The largest absolute Gasteiger partial charge is 0.381 e. The number of rotatable bonds is 7. The maximum atomic E-state index is 5.42. The highest BCUT2D eigenvalue weighted by Gasteiger charge is 2.22. The average molecular weight is 227 g/mol. The fourth-order valence-electron chi connectivity index (χ4n) is 2.73. The van der Waals surface area contributed by atoms with Gasteiger partial charge in [-0.05, 0) is 38.5 Å². The van der Waals surface area contributed by atoms with Gasteiger partial charge in [-0.25, -0.2) is 0 Å². The Labute approximate surface area is 101 Å². The number of hydrogen-bond acceptors (Lipinski definition) is 2. The highest BCUT2D eigenvalue weighted by molar-refractivity contribution is 4.78. The molecule has 1 saturated heterocycles. The average Bonchev–Trinajstić information content (AvgIpc) is 2.31. The van der Waals surface area contributed by atoms with Gasteiger partial charge in [-0.15, -0.1) is 0 Å². The molecule has 0 aromatic rings. The molecule has 0 aliphatic carbocycles. The third-order valence-corrected chi connectivity index (χ3v) is 3.75. The first-order chi connectivity index (χ1) is 7.77. The summed E-state index contributed by atoms with van der Waals surface area (Å²) in [6.45, 7) is 8.84. The van der Waals surface area contributed by atoms with Crippen molar-refractivity contribution in [3.63, 3.8) is 0 Å². The summed E-state index contributed by atoms with van der Waals surface area (Å²) < 4.78 is 5.42. The highest BCUT2D eigenvalue weighted by atomic mass is 16.5. The summed E-state index contributed by atoms with van der Waals surface area (Å²) in [7, 11) is 0. The quantitative estimate of drug-likeness (QED) is 0.720. The second-order valence-corrected chi connectivity index (χ2v) is 5.18. The molecule has 1 fully saturated rings. The first-order valence-electron chi connectivity index (χ1n) is 7.11. The molecule has 1 rings (SSSR count). The van der Waals surface area contributed by atoms with Gasteiger partial charge in [0.15, 0.2) is 0 Å². The van der Waals surface area contributed by atoms with Crippen LogP contribution in [0.5, 0.6) is 0 Å². The predicted molar refractivity (Wildman–Crippen MR) is 69.7 cm³/mol. The minimum absolute atomic E-state index is 0.659. The van der Waals surface area contributed by atoms with Crippen molar-refractivity contribution in [3.8, 4) is 0 Å². The molecule has 0 aromatic heterocycles. The number of hydrogen-bond donors (Lipinski definition) is 1. The normalized spacial score (nSPS) is 20.2. The van der Waals surface area contributed by atoms with Gasteiger partial charge in [-0.1, -0.05) is 26.7 Å². The van der Waals surface area contributed by atoms with Gasteiger partial charge in [-0.3, -0.25) is 0 Å². The van der Waals surface area contributed by atoms with Gasteiger partial charge in [-0.2, -0.15) is 0 Å². The Bertz CT molecular complexity index is 160.